The number of aromatic nitrogens is 2. The number of rotatable bonds is 4. The van der Waals surface area contributed by atoms with Crippen molar-refractivity contribution in [3.63, 3.8) is 0 Å². The van der Waals surface area contributed by atoms with Crippen LogP contribution >= 0.6 is 0 Å². The number of ketones is 1. The van der Waals surface area contributed by atoms with Crippen molar-refractivity contribution in [1.29, 1.82) is 0 Å². The summed E-state index contributed by atoms with van der Waals surface area (Å²) in [6, 6.07) is 6.98. The van der Waals surface area contributed by atoms with Gasteiger partial charge in [-0.1, -0.05) is 12.1 Å². The van der Waals surface area contributed by atoms with Crippen molar-refractivity contribution in [3.8, 4) is 5.75 Å². The van der Waals surface area contributed by atoms with Crippen LogP contribution in [0.25, 0.3) is 11.3 Å². The maximum atomic E-state index is 11.4. The maximum Gasteiger partial charge on any atom is 0.133 e. The largest absolute Gasteiger partial charge is 0.507 e. The van der Waals surface area contributed by atoms with Crippen LogP contribution in [-0.4, -0.2) is 20.7 Å². The number of allylic oxidation sites excluding steroid dienone is 2. The molecule has 0 amide bonds. The van der Waals surface area contributed by atoms with E-state index in [4.69, 9.17) is 17.2 Å². The minimum atomic E-state index is 0.0822. The Kier molecular flexibility index (Phi) is 4.97. The van der Waals surface area contributed by atoms with E-state index < -0.39 is 0 Å². The van der Waals surface area contributed by atoms with Crippen LogP contribution in [0.3, 0.4) is 0 Å². The smallest absolute Gasteiger partial charge is 0.133 e. The first-order chi connectivity index (χ1) is 12.5. The predicted molar refractivity (Wildman–Crippen MR) is 100 cm³/mol. The highest BCUT2D eigenvalue weighted by molar-refractivity contribution is 5.84. The SMILES string of the molecule is NC(N)=C(/C=C(\N)c1ccccc1O)c1cnn(C2CCC(=O)CC2)c1. The van der Waals surface area contributed by atoms with Gasteiger partial charge in [0.25, 0.3) is 0 Å². The number of benzene rings is 1. The molecule has 1 fully saturated rings. The van der Waals surface area contributed by atoms with E-state index in [2.05, 4.69) is 5.10 Å². The average Bonchev–Trinajstić information content (AvgIpc) is 3.10. The summed E-state index contributed by atoms with van der Waals surface area (Å²) >= 11 is 0. The third kappa shape index (κ3) is 3.72. The Labute approximate surface area is 151 Å². The van der Waals surface area contributed by atoms with E-state index in [1.165, 1.54) is 0 Å². The molecular weight excluding hydrogens is 330 g/mol. The van der Waals surface area contributed by atoms with Crippen molar-refractivity contribution in [1.82, 2.24) is 9.78 Å². The van der Waals surface area contributed by atoms with E-state index in [0.717, 1.165) is 18.4 Å². The predicted octanol–water partition coefficient (Wildman–Crippen LogP) is 1.86. The molecular formula is C19H23N5O2. The van der Waals surface area contributed by atoms with Crippen LogP contribution in [0, 0.1) is 0 Å². The topological polar surface area (TPSA) is 133 Å². The number of para-hydroxylation sites is 1. The molecule has 1 saturated carbocycles. The fourth-order valence-corrected chi connectivity index (χ4v) is 3.15. The lowest BCUT2D eigenvalue weighted by Crippen LogP contribution is -2.18. The molecule has 7 N–H and O–H groups in total. The van der Waals surface area contributed by atoms with Gasteiger partial charge in [0, 0.05) is 41.4 Å². The van der Waals surface area contributed by atoms with Crippen molar-refractivity contribution in [2.24, 2.45) is 17.2 Å². The van der Waals surface area contributed by atoms with Crippen LogP contribution in [0.2, 0.25) is 0 Å². The summed E-state index contributed by atoms with van der Waals surface area (Å²) < 4.78 is 1.86. The highest BCUT2D eigenvalue weighted by atomic mass is 16.3. The highest BCUT2D eigenvalue weighted by Crippen LogP contribution is 2.29. The van der Waals surface area contributed by atoms with E-state index in [-0.39, 0.29) is 17.6 Å². The summed E-state index contributed by atoms with van der Waals surface area (Å²) in [6.07, 6.45) is 7.92. The first-order valence-corrected chi connectivity index (χ1v) is 8.52. The van der Waals surface area contributed by atoms with E-state index in [1.807, 2.05) is 10.9 Å². The van der Waals surface area contributed by atoms with Crippen LogP contribution in [0.5, 0.6) is 5.75 Å². The Bertz CT molecular complexity index is 868. The lowest BCUT2D eigenvalue weighted by atomic mass is 9.94. The monoisotopic (exact) mass is 353 g/mol. The Morgan fingerprint density at radius 1 is 1.19 bits per heavy atom. The standard InChI is InChI=1S/C19H23N5O2/c20-17(15-3-1-2-4-18(15)26)9-16(19(21)22)12-10-23-24(11-12)13-5-7-14(25)8-6-13/h1-4,9-11,13,26H,5-8,20-22H2/b17-9-. The number of aromatic hydroxyl groups is 1. The summed E-state index contributed by atoms with van der Waals surface area (Å²) in [5.41, 5.74) is 20.0. The Hall–Kier alpha value is -3.22. The molecule has 7 heteroatoms. The summed E-state index contributed by atoms with van der Waals surface area (Å²) in [5.74, 6) is 0.499. The fraction of sp³-hybridized carbons (Fsp3) is 0.263. The molecule has 1 heterocycles. The fourth-order valence-electron chi connectivity index (χ4n) is 3.15. The van der Waals surface area contributed by atoms with Gasteiger partial charge >= 0.3 is 0 Å². The van der Waals surface area contributed by atoms with Crippen LogP contribution < -0.4 is 17.2 Å². The number of phenolic OH excluding ortho intramolecular Hbond substituents is 1. The molecule has 0 radical (unpaired) electrons. The number of nitrogens with two attached hydrogens (primary N) is 3. The van der Waals surface area contributed by atoms with E-state index in [1.54, 1.807) is 36.5 Å². The molecule has 136 valence electrons. The lowest BCUT2D eigenvalue weighted by molar-refractivity contribution is -0.120. The third-order valence-electron chi connectivity index (χ3n) is 4.63. The molecule has 1 aliphatic carbocycles. The van der Waals surface area contributed by atoms with Crippen molar-refractivity contribution in [3.05, 3.63) is 59.7 Å². The molecule has 0 bridgehead atoms. The molecule has 0 atom stereocenters. The third-order valence-corrected chi connectivity index (χ3v) is 4.63. The van der Waals surface area contributed by atoms with Gasteiger partial charge in [-0.25, -0.2) is 0 Å². The minimum Gasteiger partial charge on any atom is -0.507 e. The zero-order valence-electron chi connectivity index (χ0n) is 14.4. The van der Waals surface area contributed by atoms with Crippen molar-refractivity contribution in [2.45, 2.75) is 31.7 Å². The summed E-state index contributed by atoms with van der Waals surface area (Å²) in [7, 11) is 0. The van der Waals surface area contributed by atoms with E-state index in [9.17, 15) is 9.90 Å². The second-order valence-corrected chi connectivity index (χ2v) is 6.46. The van der Waals surface area contributed by atoms with Gasteiger partial charge in [0.1, 0.15) is 17.4 Å². The maximum absolute atomic E-state index is 11.4. The van der Waals surface area contributed by atoms with Crippen molar-refractivity contribution < 1.29 is 9.90 Å². The Morgan fingerprint density at radius 3 is 2.54 bits per heavy atom. The minimum absolute atomic E-state index is 0.0822. The lowest BCUT2D eigenvalue weighted by Gasteiger charge is -2.21. The zero-order valence-corrected chi connectivity index (χ0v) is 14.4. The quantitative estimate of drug-likeness (QED) is 0.620. The second-order valence-electron chi connectivity index (χ2n) is 6.46. The number of Topliss-reactive ketones (excluding diaryl/α,β-unsaturated/α-hetero) is 1. The molecule has 2 aromatic rings. The van der Waals surface area contributed by atoms with Gasteiger partial charge in [0.05, 0.1) is 12.2 Å². The Morgan fingerprint density at radius 2 is 1.88 bits per heavy atom. The number of carbonyl (C=O) groups excluding carboxylic acids is 1. The molecule has 0 saturated heterocycles. The van der Waals surface area contributed by atoms with Gasteiger partial charge in [-0.3, -0.25) is 9.48 Å². The Balaban J connectivity index is 1.88. The van der Waals surface area contributed by atoms with Crippen molar-refractivity contribution >= 4 is 17.1 Å². The van der Waals surface area contributed by atoms with Gasteiger partial charge in [0.2, 0.25) is 0 Å². The number of hydrogen-bond acceptors (Lipinski definition) is 6. The average molecular weight is 353 g/mol. The molecule has 3 rings (SSSR count). The van der Waals surface area contributed by atoms with Crippen LogP contribution in [0.15, 0.2) is 48.6 Å². The van der Waals surface area contributed by atoms with Crippen LogP contribution in [0.4, 0.5) is 0 Å². The molecule has 7 nitrogen and oxygen atoms in total. The molecule has 0 unspecified atom stereocenters. The number of carbonyl (C=O) groups is 1. The van der Waals surface area contributed by atoms with Crippen LogP contribution in [-0.2, 0) is 4.79 Å². The van der Waals surface area contributed by atoms with Crippen molar-refractivity contribution in [2.75, 3.05) is 0 Å². The van der Waals surface area contributed by atoms with Gasteiger partial charge in [0.15, 0.2) is 0 Å². The summed E-state index contributed by atoms with van der Waals surface area (Å²) in [4.78, 5) is 11.4. The number of phenols is 1. The molecule has 0 spiro atoms. The van der Waals surface area contributed by atoms with Gasteiger partial charge in [-0.15, -0.1) is 0 Å². The molecule has 1 aromatic carbocycles. The first-order valence-electron chi connectivity index (χ1n) is 8.52. The molecule has 0 aliphatic heterocycles. The zero-order chi connectivity index (χ0) is 18.7. The molecule has 26 heavy (non-hydrogen) atoms. The van der Waals surface area contributed by atoms with Gasteiger partial charge < -0.3 is 22.3 Å². The van der Waals surface area contributed by atoms with Gasteiger partial charge in [-0.2, -0.15) is 5.10 Å². The van der Waals surface area contributed by atoms with Gasteiger partial charge in [-0.05, 0) is 31.1 Å². The number of nitrogens with zero attached hydrogens (tertiary/aromatic N) is 2. The highest BCUT2D eigenvalue weighted by Gasteiger charge is 2.21. The molecule has 1 aliphatic rings. The molecule has 1 aromatic heterocycles. The summed E-state index contributed by atoms with van der Waals surface area (Å²) in [5, 5.41) is 14.4. The summed E-state index contributed by atoms with van der Waals surface area (Å²) in [6.45, 7) is 0. The van der Waals surface area contributed by atoms with E-state index in [0.29, 0.717) is 35.5 Å². The second kappa shape index (κ2) is 7.35. The first kappa shape index (κ1) is 17.6. The van der Waals surface area contributed by atoms with Crippen LogP contribution in [0.1, 0.15) is 42.9 Å². The number of hydrogen-bond donors (Lipinski definition) is 4. The normalized spacial score (nSPS) is 15.8. The van der Waals surface area contributed by atoms with E-state index >= 15 is 0 Å².